The predicted molar refractivity (Wildman–Crippen MR) is 114 cm³/mol. The van der Waals surface area contributed by atoms with Gasteiger partial charge in [0.15, 0.2) is 5.65 Å². The molecule has 3 aromatic heterocycles. The van der Waals surface area contributed by atoms with E-state index in [0.29, 0.717) is 17.3 Å². The highest BCUT2D eigenvalue weighted by molar-refractivity contribution is 6.03. The number of hydrogen-bond donors (Lipinski definition) is 1. The van der Waals surface area contributed by atoms with Gasteiger partial charge in [-0.25, -0.2) is 4.98 Å². The second-order valence-electron chi connectivity index (χ2n) is 7.85. The molecule has 1 saturated heterocycles. The lowest BCUT2D eigenvalue weighted by molar-refractivity contribution is 0.102. The van der Waals surface area contributed by atoms with Gasteiger partial charge in [-0.2, -0.15) is 9.61 Å². The highest BCUT2D eigenvalue weighted by atomic mass is 16.1. The molecule has 0 aliphatic carbocycles. The third-order valence-corrected chi connectivity index (χ3v) is 5.73. The molecular weight excluding hydrogens is 364 g/mol. The first-order chi connectivity index (χ1) is 14.2. The highest BCUT2D eigenvalue weighted by Crippen LogP contribution is 2.26. The molecule has 0 saturated carbocycles. The van der Waals surface area contributed by atoms with E-state index in [-0.39, 0.29) is 5.91 Å². The summed E-state index contributed by atoms with van der Waals surface area (Å²) in [6.07, 6.45) is 10.7. The Balaban J connectivity index is 1.69. The molecule has 29 heavy (non-hydrogen) atoms. The summed E-state index contributed by atoms with van der Waals surface area (Å²) in [6, 6.07) is 5.44. The normalized spacial score (nSPS) is 15.0. The first kappa shape index (κ1) is 19.4. The van der Waals surface area contributed by atoms with E-state index in [1.807, 2.05) is 12.3 Å². The second kappa shape index (κ2) is 8.59. The Morgan fingerprint density at radius 3 is 2.83 bits per heavy atom. The van der Waals surface area contributed by atoms with Crippen LogP contribution in [0.15, 0.2) is 36.8 Å². The van der Waals surface area contributed by atoms with Crippen LogP contribution in [0.25, 0.3) is 5.65 Å². The minimum Gasteiger partial charge on any atom is -0.356 e. The fourth-order valence-electron chi connectivity index (χ4n) is 3.66. The maximum Gasteiger partial charge on any atom is 0.258 e. The molecule has 0 aromatic carbocycles. The second-order valence-corrected chi connectivity index (χ2v) is 7.85. The van der Waals surface area contributed by atoms with Gasteiger partial charge < -0.3 is 10.2 Å². The number of nitrogens with zero attached hydrogens (tertiary/aromatic N) is 5. The minimum atomic E-state index is -0.199. The third-order valence-electron chi connectivity index (χ3n) is 5.73. The molecule has 1 atom stereocenters. The fraction of sp³-hybridized carbons (Fsp3) is 0.455. The summed E-state index contributed by atoms with van der Waals surface area (Å²) in [7, 11) is 0. The van der Waals surface area contributed by atoms with Crippen molar-refractivity contribution < 1.29 is 4.79 Å². The molecular formula is C22H28N6O. The van der Waals surface area contributed by atoms with Crippen LogP contribution in [-0.4, -0.2) is 38.6 Å². The number of carbonyl (C=O) groups excluding carboxylic acids is 1. The number of anilines is 2. The third kappa shape index (κ3) is 4.23. The molecule has 0 bridgehead atoms. The van der Waals surface area contributed by atoms with E-state index < -0.39 is 0 Å². The quantitative estimate of drug-likeness (QED) is 0.659. The van der Waals surface area contributed by atoms with Crippen LogP contribution in [-0.2, 0) is 6.42 Å². The number of carbonyl (C=O) groups is 1. The molecule has 1 unspecified atom stereocenters. The Hall–Kier alpha value is -2.96. The van der Waals surface area contributed by atoms with Crippen LogP contribution < -0.4 is 10.2 Å². The van der Waals surface area contributed by atoms with Crippen molar-refractivity contribution in [2.24, 2.45) is 5.92 Å². The van der Waals surface area contributed by atoms with Crippen molar-refractivity contribution in [2.75, 3.05) is 23.3 Å². The summed E-state index contributed by atoms with van der Waals surface area (Å²) in [5.74, 6) is 2.01. The maximum absolute atomic E-state index is 12.7. The molecule has 7 nitrogen and oxygen atoms in total. The molecule has 4 rings (SSSR count). The summed E-state index contributed by atoms with van der Waals surface area (Å²) < 4.78 is 1.75. The van der Waals surface area contributed by atoms with Gasteiger partial charge in [-0.05, 0) is 43.7 Å². The summed E-state index contributed by atoms with van der Waals surface area (Å²) in [5, 5.41) is 7.55. The molecule has 7 heteroatoms. The number of fused-ring (bicyclic) bond motifs is 1. The fourth-order valence-corrected chi connectivity index (χ4v) is 3.66. The van der Waals surface area contributed by atoms with Gasteiger partial charge in [0.05, 0.1) is 11.8 Å². The van der Waals surface area contributed by atoms with Crippen molar-refractivity contribution in [3.63, 3.8) is 0 Å². The van der Waals surface area contributed by atoms with Crippen LogP contribution in [0, 0.1) is 5.92 Å². The zero-order chi connectivity index (χ0) is 20.2. The van der Waals surface area contributed by atoms with E-state index in [1.165, 1.54) is 12.8 Å². The first-order valence-electron chi connectivity index (χ1n) is 10.5. The van der Waals surface area contributed by atoms with E-state index in [2.05, 4.69) is 34.1 Å². The predicted octanol–water partition coefficient (Wildman–Crippen LogP) is 3.96. The Bertz CT molecular complexity index is 978. The molecule has 1 aliphatic rings. The number of pyridine rings is 1. The van der Waals surface area contributed by atoms with Gasteiger partial charge >= 0.3 is 0 Å². The number of aromatic nitrogens is 4. The molecule has 152 valence electrons. The van der Waals surface area contributed by atoms with Crippen LogP contribution in [0.3, 0.4) is 0 Å². The van der Waals surface area contributed by atoms with Crippen LogP contribution in [0.2, 0.25) is 0 Å². The molecule has 1 N–H and O–H groups in total. The average Bonchev–Trinajstić information content (AvgIpc) is 3.43. The molecule has 1 amide bonds. The lowest BCUT2D eigenvalue weighted by Crippen LogP contribution is -2.21. The molecule has 1 fully saturated rings. The molecule has 1 aliphatic heterocycles. The van der Waals surface area contributed by atoms with Crippen molar-refractivity contribution >= 4 is 23.2 Å². The van der Waals surface area contributed by atoms with Gasteiger partial charge in [-0.3, -0.25) is 9.78 Å². The summed E-state index contributed by atoms with van der Waals surface area (Å²) in [4.78, 5) is 24.0. The summed E-state index contributed by atoms with van der Waals surface area (Å²) in [5.41, 5.74) is 2.48. The molecule has 3 aromatic rings. The monoisotopic (exact) mass is 392 g/mol. The summed E-state index contributed by atoms with van der Waals surface area (Å²) >= 11 is 0. The number of amides is 1. The summed E-state index contributed by atoms with van der Waals surface area (Å²) in [6.45, 7) is 6.48. The van der Waals surface area contributed by atoms with E-state index >= 15 is 0 Å². The van der Waals surface area contributed by atoms with E-state index in [9.17, 15) is 4.79 Å². The van der Waals surface area contributed by atoms with E-state index in [1.54, 1.807) is 29.0 Å². The van der Waals surface area contributed by atoms with Gasteiger partial charge in [0.2, 0.25) is 0 Å². The highest BCUT2D eigenvalue weighted by Gasteiger charge is 2.19. The van der Waals surface area contributed by atoms with Gasteiger partial charge in [-0.15, -0.1) is 0 Å². The van der Waals surface area contributed by atoms with Crippen molar-refractivity contribution in [1.29, 1.82) is 0 Å². The van der Waals surface area contributed by atoms with Crippen LogP contribution in [0.1, 0.15) is 55.5 Å². The Kier molecular flexibility index (Phi) is 5.74. The maximum atomic E-state index is 12.7. The SMILES string of the molecule is CCC(C)CCc1cnn2c(NC(=O)c3cccnc3)cc(N3CCCC3)nc12. The zero-order valence-corrected chi connectivity index (χ0v) is 17.1. The molecule has 0 spiro atoms. The van der Waals surface area contributed by atoms with Gasteiger partial charge in [-0.1, -0.05) is 20.3 Å². The van der Waals surface area contributed by atoms with Crippen molar-refractivity contribution in [1.82, 2.24) is 19.6 Å². The smallest absolute Gasteiger partial charge is 0.258 e. The largest absolute Gasteiger partial charge is 0.356 e. The first-order valence-corrected chi connectivity index (χ1v) is 10.5. The van der Waals surface area contributed by atoms with Gasteiger partial charge in [0.1, 0.15) is 11.6 Å². The average molecular weight is 393 g/mol. The van der Waals surface area contributed by atoms with E-state index in [0.717, 1.165) is 49.4 Å². The number of nitrogens with one attached hydrogen (secondary N) is 1. The Morgan fingerprint density at radius 1 is 1.28 bits per heavy atom. The van der Waals surface area contributed by atoms with Gasteiger partial charge in [0, 0.05) is 37.1 Å². The minimum absolute atomic E-state index is 0.199. The van der Waals surface area contributed by atoms with Gasteiger partial charge in [0.25, 0.3) is 5.91 Å². The standard InChI is InChI=1S/C22H28N6O/c1-3-16(2)8-9-17-15-24-28-20(26-22(29)18-7-6-10-23-14-18)13-19(25-21(17)28)27-11-4-5-12-27/h6-7,10,13-16H,3-5,8-9,11-12H2,1-2H3,(H,26,29). The molecule has 0 radical (unpaired) electrons. The number of rotatable bonds is 7. The Labute approximate surface area is 171 Å². The topological polar surface area (TPSA) is 75.4 Å². The Morgan fingerprint density at radius 2 is 2.10 bits per heavy atom. The number of hydrogen-bond acceptors (Lipinski definition) is 5. The van der Waals surface area contributed by atoms with Crippen LogP contribution in [0.4, 0.5) is 11.6 Å². The van der Waals surface area contributed by atoms with E-state index in [4.69, 9.17) is 4.98 Å². The van der Waals surface area contributed by atoms with Crippen molar-refractivity contribution in [2.45, 2.75) is 46.0 Å². The van der Waals surface area contributed by atoms with Crippen molar-refractivity contribution in [3.8, 4) is 0 Å². The lowest BCUT2D eigenvalue weighted by atomic mass is 10.0. The lowest BCUT2D eigenvalue weighted by Gasteiger charge is -2.18. The number of aryl methyl sites for hydroxylation is 1. The molecule has 4 heterocycles. The van der Waals surface area contributed by atoms with Crippen LogP contribution in [0.5, 0.6) is 0 Å². The zero-order valence-electron chi connectivity index (χ0n) is 17.1. The van der Waals surface area contributed by atoms with Crippen molar-refractivity contribution in [3.05, 3.63) is 47.9 Å². The van der Waals surface area contributed by atoms with Crippen LogP contribution >= 0.6 is 0 Å².